The summed E-state index contributed by atoms with van der Waals surface area (Å²) in [5.41, 5.74) is 1.02. The molecule has 5 heteroatoms. The Labute approximate surface area is 117 Å². The van der Waals surface area contributed by atoms with Crippen LogP contribution in [0.1, 0.15) is 30.7 Å². The minimum Gasteiger partial charge on any atom is -0.465 e. The van der Waals surface area contributed by atoms with Crippen LogP contribution in [0, 0.1) is 11.7 Å². The first-order valence-corrected chi connectivity index (χ1v) is 6.96. The summed E-state index contributed by atoms with van der Waals surface area (Å²) >= 11 is 0. The molecule has 4 nitrogen and oxygen atoms in total. The molecule has 0 bridgehead atoms. The minimum atomic E-state index is -0.871. The number of hydrogen-bond donors (Lipinski definition) is 2. The Morgan fingerprint density at radius 3 is 2.40 bits per heavy atom. The van der Waals surface area contributed by atoms with E-state index in [0.717, 1.165) is 18.4 Å². The summed E-state index contributed by atoms with van der Waals surface area (Å²) in [7, 11) is 0. The van der Waals surface area contributed by atoms with Gasteiger partial charge in [-0.15, -0.1) is 0 Å². The van der Waals surface area contributed by atoms with Crippen LogP contribution in [-0.4, -0.2) is 40.9 Å². The normalized spacial score (nSPS) is 18.0. The number of carboxylic acid groups (broad SMARTS) is 1. The molecular formula is C15H20FNO3. The molecule has 0 saturated carbocycles. The molecule has 1 atom stereocenters. The van der Waals surface area contributed by atoms with Crippen molar-refractivity contribution in [1.29, 1.82) is 0 Å². The molecule has 110 valence electrons. The van der Waals surface area contributed by atoms with Gasteiger partial charge in [-0.1, -0.05) is 12.1 Å². The lowest BCUT2D eigenvalue weighted by atomic mass is 9.78. The highest BCUT2D eigenvalue weighted by atomic mass is 19.1. The fourth-order valence-electron chi connectivity index (χ4n) is 3.02. The highest BCUT2D eigenvalue weighted by molar-refractivity contribution is 5.65. The number of carbonyl (C=O) groups is 1. The molecule has 1 aromatic carbocycles. The zero-order valence-corrected chi connectivity index (χ0v) is 11.3. The standard InChI is InChI=1S/C15H20FNO3/c16-13-3-1-11(2-4-13)14(7-10-18)12-5-8-17(9-6-12)15(19)20/h1-4,12,14,18H,5-10H2,(H,19,20). The van der Waals surface area contributed by atoms with E-state index >= 15 is 0 Å². The predicted molar refractivity (Wildman–Crippen MR) is 73.2 cm³/mol. The molecular weight excluding hydrogens is 261 g/mol. The van der Waals surface area contributed by atoms with Gasteiger partial charge in [0.15, 0.2) is 0 Å². The average Bonchev–Trinajstić information content (AvgIpc) is 2.46. The molecule has 1 aliphatic rings. The molecule has 1 amide bonds. The van der Waals surface area contributed by atoms with E-state index in [4.69, 9.17) is 5.11 Å². The van der Waals surface area contributed by atoms with Crippen molar-refractivity contribution in [3.63, 3.8) is 0 Å². The van der Waals surface area contributed by atoms with E-state index in [-0.39, 0.29) is 18.3 Å². The predicted octanol–water partition coefficient (Wildman–Crippen LogP) is 2.68. The number of nitrogens with zero attached hydrogens (tertiary/aromatic N) is 1. The summed E-state index contributed by atoms with van der Waals surface area (Å²) in [4.78, 5) is 12.3. The Bertz CT molecular complexity index is 441. The third-order valence-corrected chi connectivity index (χ3v) is 4.12. The maximum atomic E-state index is 13.0. The Morgan fingerprint density at radius 2 is 1.90 bits per heavy atom. The molecule has 1 aliphatic heterocycles. The van der Waals surface area contributed by atoms with Gasteiger partial charge in [0.2, 0.25) is 0 Å². The molecule has 1 saturated heterocycles. The molecule has 1 heterocycles. The van der Waals surface area contributed by atoms with Crippen molar-refractivity contribution in [2.24, 2.45) is 5.92 Å². The lowest BCUT2D eigenvalue weighted by molar-refractivity contribution is 0.116. The van der Waals surface area contributed by atoms with Crippen molar-refractivity contribution in [2.75, 3.05) is 19.7 Å². The molecule has 0 spiro atoms. The second-order valence-electron chi connectivity index (χ2n) is 5.28. The van der Waals surface area contributed by atoms with Crippen LogP contribution in [-0.2, 0) is 0 Å². The number of halogens is 1. The van der Waals surface area contributed by atoms with Crippen molar-refractivity contribution in [2.45, 2.75) is 25.2 Å². The summed E-state index contributed by atoms with van der Waals surface area (Å²) < 4.78 is 13.0. The summed E-state index contributed by atoms with van der Waals surface area (Å²) in [6.07, 6.45) is 1.33. The van der Waals surface area contributed by atoms with E-state index in [0.29, 0.717) is 25.4 Å². The topological polar surface area (TPSA) is 60.8 Å². The molecule has 1 unspecified atom stereocenters. The van der Waals surface area contributed by atoms with Crippen LogP contribution < -0.4 is 0 Å². The average molecular weight is 281 g/mol. The number of amides is 1. The van der Waals surface area contributed by atoms with Gasteiger partial charge in [-0.25, -0.2) is 9.18 Å². The van der Waals surface area contributed by atoms with Crippen molar-refractivity contribution in [1.82, 2.24) is 4.90 Å². The summed E-state index contributed by atoms with van der Waals surface area (Å²) in [5, 5.41) is 18.2. The van der Waals surface area contributed by atoms with E-state index < -0.39 is 6.09 Å². The van der Waals surface area contributed by atoms with E-state index in [1.54, 1.807) is 12.1 Å². The van der Waals surface area contributed by atoms with Gasteiger partial charge in [0, 0.05) is 19.7 Å². The maximum absolute atomic E-state index is 13.0. The Kier molecular flexibility index (Phi) is 4.95. The SMILES string of the molecule is O=C(O)N1CCC(C(CCO)c2ccc(F)cc2)CC1. The third-order valence-electron chi connectivity index (χ3n) is 4.12. The molecule has 0 aliphatic carbocycles. The van der Waals surface area contributed by atoms with Crippen LogP contribution in [0.15, 0.2) is 24.3 Å². The van der Waals surface area contributed by atoms with Gasteiger partial charge in [-0.05, 0) is 48.8 Å². The number of rotatable bonds is 4. The number of aliphatic hydroxyl groups excluding tert-OH is 1. The Hall–Kier alpha value is -1.62. The number of piperidine rings is 1. The van der Waals surface area contributed by atoms with Crippen molar-refractivity contribution in [3.05, 3.63) is 35.6 Å². The lowest BCUT2D eigenvalue weighted by Crippen LogP contribution is -2.39. The van der Waals surface area contributed by atoms with Gasteiger partial charge in [0.25, 0.3) is 0 Å². The second kappa shape index (κ2) is 6.70. The van der Waals surface area contributed by atoms with Crippen LogP contribution >= 0.6 is 0 Å². The number of hydrogen-bond acceptors (Lipinski definition) is 2. The van der Waals surface area contributed by atoms with Gasteiger partial charge < -0.3 is 15.1 Å². The van der Waals surface area contributed by atoms with Gasteiger partial charge in [-0.2, -0.15) is 0 Å². The van der Waals surface area contributed by atoms with Crippen LogP contribution in [0.4, 0.5) is 9.18 Å². The second-order valence-corrected chi connectivity index (χ2v) is 5.28. The van der Waals surface area contributed by atoms with Gasteiger partial charge in [0.1, 0.15) is 5.82 Å². The fraction of sp³-hybridized carbons (Fsp3) is 0.533. The molecule has 2 N–H and O–H groups in total. The summed E-state index contributed by atoms with van der Waals surface area (Å²) in [5.74, 6) is 0.233. The van der Waals surface area contributed by atoms with E-state index in [1.165, 1.54) is 17.0 Å². The number of benzene rings is 1. The highest BCUT2D eigenvalue weighted by Gasteiger charge is 2.28. The van der Waals surface area contributed by atoms with Crippen molar-refractivity contribution >= 4 is 6.09 Å². The van der Waals surface area contributed by atoms with Crippen LogP contribution in [0.5, 0.6) is 0 Å². The Balaban J connectivity index is 2.06. The number of likely N-dealkylation sites (tertiary alicyclic amines) is 1. The maximum Gasteiger partial charge on any atom is 0.407 e. The number of aliphatic hydroxyl groups is 1. The Morgan fingerprint density at radius 1 is 1.30 bits per heavy atom. The molecule has 0 radical (unpaired) electrons. The molecule has 20 heavy (non-hydrogen) atoms. The van der Waals surface area contributed by atoms with Crippen molar-refractivity contribution in [3.8, 4) is 0 Å². The van der Waals surface area contributed by atoms with Crippen LogP contribution in [0.3, 0.4) is 0 Å². The molecule has 1 fully saturated rings. The first-order chi connectivity index (χ1) is 9.61. The van der Waals surface area contributed by atoms with Gasteiger partial charge >= 0.3 is 6.09 Å². The first kappa shape index (κ1) is 14.8. The fourth-order valence-corrected chi connectivity index (χ4v) is 3.02. The zero-order chi connectivity index (χ0) is 14.5. The monoisotopic (exact) mass is 281 g/mol. The quantitative estimate of drug-likeness (QED) is 0.892. The van der Waals surface area contributed by atoms with E-state index in [2.05, 4.69) is 0 Å². The minimum absolute atomic E-state index is 0.0845. The van der Waals surface area contributed by atoms with Crippen LogP contribution in [0.25, 0.3) is 0 Å². The van der Waals surface area contributed by atoms with E-state index in [9.17, 15) is 14.3 Å². The first-order valence-electron chi connectivity index (χ1n) is 6.96. The third kappa shape index (κ3) is 3.48. The van der Waals surface area contributed by atoms with E-state index in [1.807, 2.05) is 0 Å². The molecule has 2 rings (SSSR count). The lowest BCUT2D eigenvalue weighted by Gasteiger charge is -2.35. The highest BCUT2D eigenvalue weighted by Crippen LogP contribution is 2.35. The molecule has 1 aromatic rings. The summed E-state index contributed by atoms with van der Waals surface area (Å²) in [6, 6.07) is 6.40. The largest absolute Gasteiger partial charge is 0.465 e. The smallest absolute Gasteiger partial charge is 0.407 e. The summed E-state index contributed by atoms with van der Waals surface area (Å²) in [6.45, 7) is 1.15. The van der Waals surface area contributed by atoms with Gasteiger partial charge in [-0.3, -0.25) is 0 Å². The van der Waals surface area contributed by atoms with Gasteiger partial charge in [0.05, 0.1) is 0 Å². The van der Waals surface area contributed by atoms with Crippen LogP contribution in [0.2, 0.25) is 0 Å². The molecule has 0 aromatic heterocycles. The van der Waals surface area contributed by atoms with Crippen molar-refractivity contribution < 1.29 is 19.4 Å². The zero-order valence-electron chi connectivity index (χ0n) is 11.3.